The van der Waals surface area contributed by atoms with Crippen molar-refractivity contribution in [3.63, 3.8) is 0 Å². The summed E-state index contributed by atoms with van der Waals surface area (Å²) in [6.07, 6.45) is 1.36. The number of aromatic nitrogens is 1. The molecular formula is C12H14ClN3O3. The van der Waals surface area contributed by atoms with Crippen LogP contribution in [0, 0.1) is 0 Å². The van der Waals surface area contributed by atoms with E-state index >= 15 is 0 Å². The fraction of sp³-hybridized carbons (Fsp3) is 0.417. The first-order valence-corrected chi connectivity index (χ1v) is 6.30. The second kappa shape index (κ2) is 5.44. The lowest BCUT2D eigenvalue weighted by atomic mass is 10.2. The summed E-state index contributed by atoms with van der Waals surface area (Å²) in [6, 6.07) is 1.36. The third kappa shape index (κ3) is 2.96. The predicted molar refractivity (Wildman–Crippen MR) is 70.2 cm³/mol. The first-order chi connectivity index (χ1) is 8.99. The predicted octanol–water partition coefficient (Wildman–Crippen LogP) is 0.333. The van der Waals surface area contributed by atoms with Crippen LogP contribution in [-0.2, 0) is 4.79 Å². The number of rotatable bonds is 1. The molecule has 0 aromatic carbocycles. The SMILES string of the molecule is CC(=O)N1CCN(C(=O)c2c[nH]c(=O)c(Cl)c2)CC1. The molecule has 1 saturated heterocycles. The number of pyridine rings is 1. The van der Waals surface area contributed by atoms with Gasteiger partial charge in [0.05, 0.1) is 5.56 Å². The number of carbonyl (C=O) groups is 2. The van der Waals surface area contributed by atoms with E-state index in [9.17, 15) is 14.4 Å². The first kappa shape index (κ1) is 13.6. The van der Waals surface area contributed by atoms with Crippen LogP contribution in [0.5, 0.6) is 0 Å². The monoisotopic (exact) mass is 283 g/mol. The molecular weight excluding hydrogens is 270 g/mol. The van der Waals surface area contributed by atoms with Gasteiger partial charge in [0.25, 0.3) is 11.5 Å². The highest BCUT2D eigenvalue weighted by Gasteiger charge is 2.23. The standard InChI is InChI=1S/C12H14ClN3O3/c1-8(17)15-2-4-16(5-3-15)12(19)9-6-10(13)11(18)14-7-9/h6-7H,2-5H2,1H3,(H,14,18). The molecule has 0 unspecified atom stereocenters. The number of hydrogen-bond acceptors (Lipinski definition) is 3. The Bertz CT molecular complexity index is 562. The van der Waals surface area contributed by atoms with E-state index in [0.29, 0.717) is 31.7 Å². The summed E-state index contributed by atoms with van der Waals surface area (Å²) in [7, 11) is 0. The molecule has 2 amide bonds. The molecule has 19 heavy (non-hydrogen) atoms. The number of H-pyrrole nitrogens is 1. The normalized spacial score (nSPS) is 15.5. The Labute approximate surface area is 115 Å². The Hall–Kier alpha value is -1.82. The van der Waals surface area contributed by atoms with E-state index in [2.05, 4.69) is 4.98 Å². The van der Waals surface area contributed by atoms with Crippen molar-refractivity contribution in [2.75, 3.05) is 26.2 Å². The summed E-state index contributed by atoms with van der Waals surface area (Å²) in [4.78, 5) is 40.3. The zero-order valence-corrected chi connectivity index (χ0v) is 11.2. The van der Waals surface area contributed by atoms with Crippen LogP contribution in [0.15, 0.2) is 17.1 Å². The van der Waals surface area contributed by atoms with Gasteiger partial charge in [0.2, 0.25) is 5.91 Å². The number of carbonyl (C=O) groups excluding carboxylic acids is 2. The number of nitrogens with zero attached hydrogens (tertiary/aromatic N) is 2. The van der Waals surface area contributed by atoms with E-state index in [1.54, 1.807) is 9.80 Å². The van der Waals surface area contributed by atoms with Gasteiger partial charge in [0.15, 0.2) is 0 Å². The van der Waals surface area contributed by atoms with E-state index in [0.717, 1.165) is 0 Å². The van der Waals surface area contributed by atoms with Gasteiger partial charge in [-0.1, -0.05) is 11.6 Å². The smallest absolute Gasteiger partial charge is 0.266 e. The molecule has 0 aliphatic carbocycles. The molecule has 1 aromatic rings. The van der Waals surface area contributed by atoms with Gasteiger partial charge in [0.1, 0.15) is 5.02 Å². The lowest BCUT2D eigenvalue weighted by molar-refractivity contribution is -0.130. The molecule has 0 saturated carbocycles. The Morgan fingerprint density at radius 3 is 2.32 bits per heavy atom. The van der Waals surface area contributed by atoms with Crippen molar-refractivity contribution in [3.05, 3.63) is 33.2 Å². The lowest BCUT2D eigenvalue weighted by Gasteiger charge is -2.34. The molecule has 1 fully saturated rings. The molecule has 0 radical (unpaired) electrons. The molecule has 0 bridgehead atoms. The molecule has 7 heteroatoms. The van der Waals surface area contributed by atoms with Gasteiger partial charge in [-0.3, -0.25) is 14.4 Å². The van der Waals surface area contributed by atoms with Crippen LogP contribution < -0.4 is 5.56 Å². The highest BCUT2D eigenvalue weighted by atomic mass is 35.5. The zero-order chi connectivity index (χ0) is 14.0. The minimum Gasteiger partial charge on any atom is -0.339 e. The maximum absolute atomic E-state index is 12.2. The van der Waals surface area contributed by atoms with E-state index in [1.165, 1.54) is 19.2 Å². The number of amides is 2. The van der Waals surface area contributed by atoms with E-state index < -0.39 is 5.56 Å². The Balaban J connectivity index is 2.07. The summed E-state index contributed by atoms with van der Waals surface area (Å²) in [5.74, 6) is -0.180. The summed E-state index contributed by atoms with van der Waals surface area (Å²) in [6.45, 7) is 3.53. The fourth-order valence-electron chi connectivity index (χ4n) is 1.99. The van der Waals surface area contributed by atoms with E-state index in [1.807, 2.05) is 0 Å². The molecule has 6 nitrogen and oxygen atoms in total. The van der Waals surface area contributed by atoms with Crippen molar-refractivity contribution in [1.82, 2.24) is 14.8 Å². The summed E-state index contributed by atoms with van der Waals surface area (Å²) < 4.78 is 0. The Morgan fingerprint density at radius 2 is 1.79 bits per heavy atom. The van der Waals surface area contributed by atoms with Crippen LogP contribution in [0.1, 0.15) is 17.3 Å². The summed E-state index contributed by atoms with van der Waals surface area (Å²) in [5.41, 5.74) is -0.0690. The second-order valence-corrected chi connectivity index (χ2v) is 4.77. The topological polar surface area (TPSA) is 73.5 Å². The van der Waals surface area contributed by atoms with Gasteiger partial charge in [-0.05, 0) is 6.07 Å². The number of piperazine rings is 1. The minimum absolute atomic E-state index is 0.00628. The van der Waals surface area contributed by atoms with Gasteiger partial charge in [-0.25, -0.2) is 0 Å². The summed E-state index contributed by atoms with van der Waals surface area (Å²) >= 11 is 5.69. The Morgan fingerprint density at radius 1 is 1.21 bits per heavy atom. The molecule has 1 aromatic heterocycles. The van der Waals surface area contributed by atoms with Crippen LogP contribution in [0.2, 0.25) is 5.02 Å². The highest BCUT2D eigenvalue weighted by molar-refractivity contribution is 6.30. The quantitative estimate of drug-likeness (QED) is 0.807. The van der Waals surface area contributed by atoms with E-state index in [4.69, 9.17) is 11.6 Å². The molecule has 102 valence electrons. The maximum Gasteiger partial charge on any atom is 0.266 e. The molecule has 2 rings (SSSR count). The van der Waals surface area contributed by atoms with E-state index in [-0.39, 0.29) is 16.8 Å². The maximum atomic E-state index is 12.2. The molecule has 1 aliphatic heterocycles. The van der Waals surface area contributed by atoms with Gasteiger partial charge in [0, 0.05) is 39.3 Å². The van der Waals surface area contributed by atoms with Crippen molar-refractivity contribution >= 4 is 23.4 Å². The van der Waals surface area contributed by atoms with Crippen LogP contribution in [-0.4, -0.2) is 52.8 Å². The van der Waals surface area contributed by atoms with Gasteiger partial charge < -0.3 is 14.8 Å². The second-order valence-electron chi connectivity index (χ2n) is 4.36. The molecule has 1 N–H and O–H groups in total. The molecule has 2 heterocycles. The Kier molecular flexibility index (Phi) is 3.90. The minimum atomic E-state index is -0.417. The largest absolute Gasteiger partial charge is 0.339 e. The highest BCUT2D eigenvalue weighted by Crippen LogP contribution is 2.10. The third-order valence-electron chi connectivity index (χ3n) is 3.12. The van der Waals surface area contributed by atoms with Crippen molar-refractivity contribution < 1.29 is 9.59 Å². The third-order valence-corrected chi connectivity index (χ3v) is 3.40. The zero-order valence-electron chi connectivity index (χ0n) is 10.5. The van der Waals surface area contributed by atoms with Crippen molar-refractivity contribution in [2.24, 2.45) is 0 Å². The van der Waals surface area contributed by atoms with Crippen LogP contribution in [0.3, 0.4) is 0 Å². The molecule has 1 aliphatic rings. The van der Waals surface area contributed by atoms with Gasteiger partial charge in [-0.15, -0.1) is 0 Å². The summed E-state index contributed by atoms with van der Waals surface area (Å²) in [5, 5.41) is -0.00628. The number of halogens is 1. The van der Waals surface area contributed by atoms with Crippen LogP contribution >= 0.6 is 11.6 Å². The number of aromatic amines is 1. The number of nitrogens with one attached hydrogen (secondary N) is 1. The number of hydrogen-bond donors (Lipinski definition) is 1. The average Bonchev–Trinajstić information content (AvgIpc) is 2.41. The van der Waals surface area contributed by atoms with Crippen molar-refractivity contribution in [2.45, 2.75) is 6.92 Å². The average molecular weight is 284 g/mol. The first-order valence-electron chi connectivity index (χ1n) is 5.92. The van der Waals surface area contributed by atoms with Crippen molar-refractivity contribution in [1.29, 1.82) is 0 Å². The van der Waals surface area contributed by atoms with Crippen LogP contribution in [0.25, 0.3) is 0 Å². The lowest BCUT2D eigenvalue weighted by Crippen LogP contribution is -2.50. The fourth-order valence-corrected chi connectivity index (χ4v) is 2.16. The van der Waals surface area contributed by atoms with Crippen molar-refractivity contribution in [3.8, 4) is 0 Å². The van der Waals surface area contributed by atoms with Gasteiger partial charge >= 0.3 is 0 Å². The van der Waals surface area contributed by atoms with Crippen LogP contribution in [0.4, 0.5) is 0 Å². The molecule has 0 spiro atoms. The van der Waals surface area contributed by atoms with Gasteiger partial charge in [-0.2, -0.15) is 0 Å². The molecule has 0 atom stereocenters.